The van der Waals surface area contributed by atoms with Crippen molar-refractivity contribution in [3.05, 3.63) is 35.9 Å². The summed E-state index contributed by atoms with van der Waals surface area (Å²) in [5, 5.41) is 0. The van der Waals surface area contributed by atoms with E-state index in [2.05, 4.69) is 0 Å². The molecule has 0 aliphatic carbocycles. The van der Waals surface area contributed by atoms with Crippen LogP contribution in [-0.4, -0.2) is 42.6 Å². The average molecular weight is 319 g/mol. The Kier molecular flexibility index (Phi) is 6.59. The lowest BCUT2D eigenvalue weighted by Crippen LogP contribution is -2.41. The van der Waals surface area contributed by atoms with Crippen LogP contribution in [0.15, 0.2) is 30.3 Å². The lowest BCUT2D eigenvalue weighted by molar-refractivity contribution is -0.147. The van der Waals surface area contributed by atoms with Crippen LogP contribution in [0.25, 0.3) is 0 Å². The molecule has 1 fully saturated rings. The summed E-state index contributed by atoms with van der Waals surface area (Å²) >= 11 is 0. The predicted molar refractivity (Wildman–Crippen MR) is 86.8 cm³/mol. The smallest absolute Gasteiger partial charge is 0.307 e. The van der Waals surface area contributed by atoms with Gasteiger partial charge < -0.3 is 14.4 Å². The van der Waals surface area contributed by atoms with Gasteiger partial charge in [-0.25, -0.2) is 0 Å². The first-order valence-corrected chi connectivity index (χ1v) is 8.26. The maximum Gasteiger partial charge on any atom is 0.307 e. The second-order valence-corrected chi connectivity index (χ2v) is 5.67. The van der Waals surface area contributed by atoms with Crippen molar-refractivity contribution >= 4 is 11.9 Å². The van der Waals surface area contributed by atoms with Crippen molar-refractivity contribution in [1.29, 1.82) is 0 Å². The van der Waals surface area contributed by atoms with Gasteiger partial charge in [0.25, 0.3) is 5.91 Å². The first kappa shape index (κ1) is 17.5. The Morgan fingerprint density at radius 2 is 2.09 bits per heavy atom. The number of hydrogen-bond donors (Lipinski definition) is 0. The van der Waals surface area contributed by atoms with E-state index >= 15 is 0 Å². The van der Waals surface area contributed by atoms with Crippen LogP contribution in [-0.2, 0) is 19.1 Å². The minimum Gasteiger partial charge on any atom is -0.466 e. The molecule has 126 valence electrons. The number of rotatable bonds is 7. The van der Waals surface area contributed by atoms with Crippen molar-refractivity contribution in [2.45, 2.75) is 45.3 Å². The summed E-state index contributed by atoms with van der Waals surface area (Å²) in [5.41, 5.74) is 1.04. The van der Waals surface area contributed by atoms with Gasteiger partial charge in [-0.3, -0.25) is 9.59 Å². The van der Waals surface area contributed by atoms with E-state index in [0.717, 1.165) is 18.4 Å². The quantitative estimate of drug-likeness (QED) is 0.725. The Hall–Kier alpha value is -1.88. The third-order valence-electron chi connectivity index (χ3n) is 4.10. The second-order valence-electron chi connectivity index (χ2n) is 5.67. The lowest BCUT2D eigenvalue weighted by Gasteiger charge is -2.31. The topological polar surface area (TPSA) is 55.8 Å². The largest absolute Gasteiger partial charge is 0.466 e. The van der Waals surface area contributed by atoms with E-state index in [1.54, 1.807) is 11.8 Å². The molecule has 1 aromatic carbocycles. The fourth-order valence-electron chi connectivity index (χ4n) is 2.81. The molecular weight excluding hydrogens is 294 g/mol. The number of ether oxygens (including phenoxy) is 2. The number of esters is 1. The molecule has 1 aliphatic rings. The molecule has 1 amide bonds. The molecular formula is C18H25NO4. The van der Waals surface area contributed by atoms with Crippen LogP contribution < -0.4 is 0 Å². The zero-order valence-corrected chi connectivity index (χ0v) is 13.9. The van der Waals surface area contributed by atoms with Gasteiger partial charge in [-0.15, -0.1) is 0 Å². The molecule has 0 saturated carbocycles. The van der Waals surface area contributed by atoms with Gasteiger partial charge in [0.15, 0.2) is 0 Å². The first-order chi connectivity index (χ1) is 11.1. The summed E-state index contributed by atoms with van der Waals surface area (Å²) in [4.78, 5) is 26.2. The monoisotopic (exact) mass is 319 g/mol. The number of carbonyl (C=O) groups is 2. The standard InChI is InChI=1S/C18H25NO4/c1-3-22-17(20)11-12-19(18(21)16-10-7-13-23-16)14(2)15-8-5-4-6-9-15/h4-6,8-9,14,16H,3,7,10-13H2,1-2H3. The van der Waals surface area contributed by atoms with Crippen molar-refractivity contribution in [3.8, 4) is 0 Å². The van der Waals surface area contributed by atoms with Crippen LogP contribution in [0.5, 0.6) is 0 Å². The van der Waals surface area contributed by atoms with Gasteiger partial charge in [-0.2, -0.15) is 0 Å². The highest BCUT2D eigenvalue weighted by Gasteiger charge is 2.31. The molecule has 0 spiro atoms. The summed E-state index contributed by atoms with van der Waals surface area (Å²) in [6.07, 6.45) is 1.46. The third kappa shape index (κ3) is 4.79. The number of amides is 1. The molecule has 1 heterocycles. The van der Waals surface area contributed by atoms with Crippen molar-refractivity contribution < 1.29 is 19.1 Å². The zero-order chi connectivity index (χ0) is 16.7. The molecule has 5 heteroatoms. The highest BCUT2D eigenvalue weighted by atomic mass is 16.5. The van der Waals surface area contributed by atoms with E-state index < -0.39 is 0 Å². The fourth-order valence-corrected chi connectivity index (χ4v) is 2.81. The van der Waals surface area contributed by atoms with Crippen LogP contribution in [0.1, 0.15) is 44.7 Å². The molecule has 2 atom stereocenters. The summed E-state index contributed by atoms with van der Waals surface area (Å²) in [7, 11) is 0. The van der Waals surface area contributed by atoms with E-state index in [4.69, 9.17) is 9.47 Å². The fraction of sp³-hybridized carbons (Fsp3) is 0.556. The number of carbonyl (C=O) groups excluding carboxylic acids is 2. The van der Waals surface area contributed by atoms with Crippen molar-refractivity contribution in [2.75, 3.05) is 19.8 Å². The third-order valence-corrected chi connectivity index (χ3v) is 4.10. The zero-order valence-electron chi connectivity index (χ0n) is 13.9. The molecule has 1 aliphatic heterocycles. The molecule has 2 unspecified atom stereocenters. The van der Waals surface area contributed by atoms with Crippen LogP contribution >= 0.6 is 0 Å². The molecule has 5 nitrogen and oxygen atoms in total. The van der Waals surface area contributed by atoms with Gasteiger partial charge in [0.1, 0.15) is 6.10 Å². The van der Waals surface area contributed by atoms with E-state index in [0.29, 0.717) is 19.8 Å². The van der Waals surface area contributed by atoms with Crippen molar-refractivity contribution in [2.24, 2.45) is 0 Å². The highest BCUT2D eigenvalue weighted by Crippen LogP contribution is 2.24. The molecule has 23 heavy (non-hydrogen) atoms. The Morgan fingerprint density at radius 1 is 1.35 bits per heavy atom. The van der Waals surface area contributed by atoms with Gasteiger partial charge in [0, 0.05) is 13.2 Å². The Bertz CT molecular complexity index is 511. The van der Waals surface area contributed by atoms with Crippen LogP contribution in [0.3, 0.4) is 0 Å². The minimum absolute atomic E-state index is 0.0387. The molecule has 1 saturated heterocycles. The van der Waals surface area contributed by atoms with Crippen molar-refractivity contribution in [1.82, 2.24) is 4.90 Å². The number of hydrogen-bond acceptors (Lipinski definition) is 4. The Labute approximate surface area is 137 Å². The summed E-state index contributed by atoms with van der Waals surface area (Å²) in [5.74, 6) is -0.318. The van der Waals surface area contributed by atoms with Crippen LogP contribution in [0.2, 0.25) is 0 Å². The number of benzene rings is 1. The van der Waals surface area contributed by atoms with E-state index in [1.165, 1.54) is 0 Å². The van der Waals surface area contributed by atoms with Crippen LogP contribution in [0, 0.1) is 0 Å². The van der Waals surface area contributed by atoms with E-state index in [-0.39, 0.29) is 30.4 Å². The van der Waals surface area contributed by atoms with Gasteiger partial charge in [-0.1, -0.05) is 30.3 Å². The molecule has 0 aromatic heterocycles. The maximum absolute atomic E-state index is 12.8. The van der Waals surface area contributed by atoms with Gasteiger partial charge in [0.2, 0.25) is 0 Å². The summed E-state index contributed by atoms with van der Waals surface area (Å²) in [6.45, 7) is 5.08. The molecule has 1 aromatic rings. The van der Waals surface area contributed by atoms with Gasteiger partial charge in [-0.05, 0) is 32.3 Å². The Balaban J connectivity index is 2.09. The van der Waals surface area contributed by atoms with E-state index in [9.17, 15) is 9.59 Å². The first-order valence-electron chi connectivity index (χ1n) is 8.26. The minimum atomic E-state index is -0.386. The predicted octanol–water partition coefficient (Wildman–Crippen LogP) is 2.71. The van der Waals surface area contributed by atoms with Crippen LogP contribution in [0.4, 0.5) is 0 Å². The van der Waals surface area contributed by atoms with Gasteiger partial charge >= 0.3 is 5.97 Å². The Morgan fingerprint density at radius 3 is 2.70 bits per heavy atom. The second kappa shape index (κ2) is 8.67. The highest BCUT2D eigenvalue weighted by molar-refractivity contribution is 5.82. The summed E-state index contributed by atoms with van der Waals surface area (Å²) < 4.78 is 10.5. The van der Waals surface area contributed by atoms with Crippen molar-refractivity contribution in [3.63, 3.8) is 0 Å². The van der Waals surface area contributed by atoms with E-state index in [1.807, 2.05) is 37.3 Å². The molecule has 2 rings (SSSR count). The average Bonchev–Trinajstić information content (AvgIpc) is 3.10. The molecule has 0 N–H and O–H groups in total. The normalized spacial score (nSPS) is 18.4. The summed E-state index contributed by atoms with van der Waals surface area (Å²) in [6, 6.07) is 9.72. The SMILES string of the molecule is CCOC(=O)CCN(C(=O)C1CCCO1)C(C)c1ccccc1. The molecule has 0 radical (unpaired) electrons. The molecule has 0 bridgehead atoms. The van der Waals surface area contributed by atoms with Gasteiger partial charge in [0.05, 0.1) is 19.1 Å². The lowest BCUT2D eigenvalue weighted by atomic mass is 10.1. The number of nitrogens with zero attached hydrogens (tertiary/aromatic N) is 1. The maximum atomic E-state index is 12.8.